The molecule has 0 fully saturated rings. The molecule has 8 heteroatoms. The summed E-state index contributed by atoms with van der Waals surface area (Å²) in [5.74, 6) is -0.799. The smallest absolute Gasteiger partial charge is 0.339 e. The van der Waals surface area contributed by atoms with Gasteiger partial charge >= 0.3 is 5.97 Å². The fourth-order valence-corrected chi connectivity index (χ4v) is 1.87. The van der Waals surface area contributed by atoms with Crippen LogP contribution < -0.4 is 0 Å². The van der Waals surface area contributed by atoms with Gasteiger partial charge in [0.05, 0.1) is 30.3 Å². The van der Waals surface area contributed by atoms with Gasteiger partial charge in [-0.2, -0.15) is 5.10 Å². The third kappa shape index (κ3) is 2.45. The number of carbonyl (C=O) groups is 1. The molecule has 2 aromatic rings. The number of aromatic nitrogens is 2. The number of nitro benzene ring substituents is 1. The zero-order valence-electron chi connectivity index (χ0n) is 10.9. The van der Waals surface area contributed by atoms with E-state index in [1.54, 1.807) is 6.07 Å². The molecule has 0 bridgehead atoms. The number of rotatable bonds is 4. The Morgan fingerprint density at radius 2 is 2.30 bits per heavy atom. The van der Waals surface area contributed by atoms with Crippen molar-refractivity contribution < 1.29 is 19.6 Å². The van der Waals surface area contributed by atoms with E-state index in [0.29, 0.717) is 10.9 Å². The van der Waals surface area contributed by atoms with Crippen molar-refractivity contribution in [2.75, 3.05) is 7.11 Å². The fraction of sp³-hybridized carbons (Fsp3) is 0.333. The molecule has 1 atom stereocenters. The largest absolute Gasteiger partial charge is 0.467 e. The van der Waals surface area contributed by atoms with Gasteiger partial charge in [-0.1, -0.05) is 0 Å². The van der Waals surface area contributed by atoms with Gasteiger partial charge in [-0.25, -0.2) is 4.79 Å². The highest BCUT2D eigenvalue weighted by molar-refractivity contribution is 5.82. The standard InChI is InChI=1S/C12H13N3O5/c1-12(17,11(16)20-2)7-14-10-5-9(15(18)19)4-3-8(10)6-13-14/h3-6,17H,7H2,1-2H3. The van der Waals surface area contributed by atoms with Crippen LogP contribution in [0.5, 0.6) is 0 Å². The summed E-state index contributed by atoms with van der Waals surface area (Å²) in [4.78, 5) is 21.7. The SMILES string of the molecule is COC(=O)C(C)(O)Cn1ncc2ccc([N+](=O)[O-])cc21. The maximum absolute atomic E-state index is 11.4. The molecule has 20 heavy (non-hydrogen) atoms. The van der Waals surface area contributed by atoms with Crippen molar-refractivity contribution in [1.29, 1.82) is 0 Å². The number of ether oxygens (including phenoxy) is 1. The van der Waals surface area contributed by atoms with E-state index >= 15 is 0 Å². The minimum Gasteiger partial charge on any atom is -0.467 e. The third-order valence-electron chi connectivity index (χ3n) is 2.92. The molecule has 0 amide bonds. The van der Waals surface area contributed by atoms with Crippen LogP contribution in [0.25, 0.3) is 10.9 Å². The quantitative estimate of drug-likeness (QED) is 0.505. The summed E-state index contributed by atoms with van der Waals surface area (Å²) in [5.41, 5.74) is -1.39. The lowest BCUT2D eigenvalue weighted by molar-refractivity contribution is -0.384. The molecular weight excluding hydrogens is 266 g/mol. The first-order valence-electron chi connectivity index (χ1n) is 5.76. The van der Waals surface area contributed by atoms with Gasteiger partial charge in [0.25, 0.3) is 5.69 Å². The van der Waals surface area contributed by atoms with Crippen molar-refractivity contribution in [1.82, 2.24) is 9.78 Å². The lowest BCUT2D eigenvalue weighted by Gasteiger charge is -2.20. The molecule has 0 saturated heterocycles. The average Bonchev–Trinajstić information content (AvgIpc) is 2.79. The first-order chi connectivity index (χ1) is 9.35. The fourth-order valence-electron chi connectivity index (χ4n) is 1.87. The Balaban J connectivity index is 2.42. The number of benzene rings is 1. The molecule has 0 aliphatic heterocycles. The Bertz CT molecular complexity index is 677. The molecule has 1 heterocycles. The van der Waals surface area contributed by atoms with E-state index in [4.69, 9.17) is 0 Å². The van der Waals surface area contributed by atoms with Crippen molar-refractivity contribution in [2.24, 2.45) is 0 Å². The van der Waals surface area contributed by atoms with E-state index < -0.39 is 16.5 Å². The monoisotopic (exact) mass is 279 g/mol. The van der Waals surface area contributed by atoms with Crippen molar-refractivity contribution in [3.8, 4) is 0 Å². The Morgan fingerprint density at radius 3 is 2.90 bits per heavy atom. The van der Waals surface area contributed by atoms with E-state index in [1.165, 1.54) is 37.0 Å². The van der Waals surface area contributed by atoms with E-state index in [2.05, 4.69) is 9.84 Å². The number of methoxy groups -OCH3 is 1. The number of aliphatic hydroxyl groups is 1. The summed E-state index contributed by atoms with van der Waals surface area (Å²) >= 11 is 0. The second-order valence-corrected chi connectivity index (χ2v) is 4.57. The number of hydrogen-bond donors (Lipinski definition) is 1. The van der Waals surface area contributed by atoms with Crippen molar-refractivity contribution in [3.05, 3.63) is 34.5 Å². The van der Waals surface area contributed by atoms with Gasteiger partial charge in [-0.05, 0) is 13.0 Å². The van der Waals surface area contributed by atoms with E-state index in [9.17, 15) is 20.0 Å². The first kappa shape index (κ1) is 13.9. The van der Waals surface area contributed by atoms with Crippen molar-refractivity contribution in [2.45, 2.75) is 19.1 Å². The van der Waals surface area contributed by atoms with Crippen LogP contribution in [0.15, 0.2) is 24.4 Å². The molecule has 106 valence electrons. The number of carbonyl (C=O) groups excluding carboxylic acids is 1. The Labute approximate surface area is 113 Å². The molecule has 0 aliphatic rings. The molecule has 0 aliphatic carbocycles. The Morgan fingerprint density at radius 1 is 1.60 bits per heavy atom. The number of hydrogen-bond acceptors (Lipinski definition) is 6. The predicted octanol–water partition coefficient (Wildman–Crippen LogP) is 0.868. The number of nitrogens with zero attached hydrogens (tertiary/aromatic N) is 3. The molecule has 0 spiro atoms. The minimum atomic E-state index is -1.77. The highest BCUT2D eigenvalue weighted by atomic mass is 16.6. The summed E-state index contributed by atoms with van der Waals surface area (Å²) < 4.78 is 5.83. The van der Waals surface area contributed by atoms with Gasteiger partial charge in [0.15, 0.2) is 5.60 Å². The summed E-state index contributed by atoms with van der Waals surface area (Å²) in [7, 11) is 1.17. The lowest BCUT2D eigenvalue weighted by atomic mass is 10.1. The molecule has 0 radical (unpaired) electrons. The average molecular weight is 279 g/mol. The summed E-state index contributed by atoms with van der Waals surface area (Å²) in [6.45, 7) is 1.13. The molecule has 1 aromatic heterocycles. The van der Waals surface area contributed by atoms with Crippen LogP contribution in [-0.2, 0) is 16.1 Å². The highest BCUT2D eigenvalue weighted by Crippen LogP contribution is 2.22. The third-order valence-corrected chi connectivity index (χ3v) is 2.92. The van der Waals surface area contributed by atoms with Gasteiger partial charge in [0, 0.05) is 17.5 Å². The van der Waals surface area contributed by atoms with Crippen LogP contribution in [0.3, 0.4) is 0 Å². The summed E-state index contributed by atoms with van der Waals surface area (Å²) in [6, 6.07) is 4.27. The molecule has 2 rings (SSSR count). The zero-order valence-corrected chi connectivity index (χ0v) is 10.9. The number of fused-ring (bicyclic) bond motifs is 1. The number of esters is 1. The van der Waals surface area contributed by atoms with Crippen LogP contribution in [0.1, 0.15) is 6.92 Å². The predicted molar refractivity (Wildman–Crippen MR) is 69.0 cm³/mol. The van der Waals surface area contributed by atoms with Crippen LogP contribution in [-0.4, -0.2) is 38.5 Å². The molecular formula is C12H13N3O5. The maximum Gasteiger partial charge on any atom is 0.339 e. The second-order valence-electron chi connectivity index (χ2n) is 4.57. The van der Waals surface area contributed by atoms with E-state index in [0.717, 1.165) is 0 Å². The number of non-ortho nitro benzene ring substituents is 1. The zero-order chi connectivity index (χ0) is 14.9. The van der Waals surface area contributed by atoms with E-state index in [-0.39, 0.29) is 12.2 Å². The molecule has 0 saturated carbocycles. The summed E-state index contributed by atoms with van der Waals surface area (Å²) in [6.07, 6.45) is 1.51. The van der Waals surface area contributed by atoms with Gasteiger partial charge < -0.3 is 9.84 Å². The van der Waals surface area contributed by atoms with Crippen LogP contribution in [0, 0.1) is 10.1 Å². The molecule has 1 N–H and O–H groups in total. The van der Waals surface area contributed by atoms with Gasteiger partial charge in [0.2, 0.25) is 0 Å². The van der Waals surface area contributed by atoms with Gasteiger partial charge in [0.1, 0.15) is 0 Å². The topological polar surface area (TPSA) is 107 Å². The van der Waals surface area contributed by atoms with Crippen LogP contribution >= 0.6 is 0 Å². The molecule has 1 aromatic carbocycles. The molecule has 8 nitrogen and oxygen atoms in total. The van der Waals surface area contributed by atoms with Crippen LogP contribution in [0.4, 0.5) is 5.69 Å². The van der Waals surface area contributed by atoms with Crippen LogP contribution in [0.2, 0.25) is 0 Å². The maximum atomic E-state index is 11.4. The van der Waals surface area contributed by atoms with Crippen molar-refractivity contribution >= 4 is 22.6 Å². The highest BCUT2D eigenvalue weighted by Gasteiger charge is 2.32. The Kier molecular flexibility index (Phi) is 3.41. The minimum absolute atomic E-state index is 0.0861. The van der Waals surface area contributed by atoms with Gasteiger partial charge in [-0.15, -0.1) is 0 Å². The number of nitro groups is 1. The Hall–Kier alpha value is -2.48. The second kappa shape index (κ2) is 4.89. The van der Waals surface area contributed by atoms with Gasteiger partial charge in [-0.3, -0.25) is 14.8 Å². The lowest BCUT2D eigenvalue weighted by Crippen LogP contribution is -2.40. The normalized spacial score (nSPS) is 13.9. The van der Waals surface area contributed by atoms with Crippen molar-refractivity contribution in [3.63, 3.8) is 0 Å². The molecule has 1 unspecified atom stereocenters. The first-order valence-corrected chi connectivity index (χ1v) is 5.76. The summed E-state index contributed by atoms with van der Waals surface area (Å²) in [5, 5.41) is 25.5. The van der Waals surface area contributed by atoms with E-state index in [1.807, 2.05) is 0 Å².